The quantitative estimate of drug-likeness (QED) is 0.250. The molecule has 2 unspecified atom stereocenters. The van der Waals surface area contributed by atoms with Crippen LogP contribution in [0.3, 0.4) is 0 Å². The minimum absolute atomic E-state index is 0.159. The van der Waals surface area contributed by atoms with Crippen LogP contribution in [0.1, 0.15) is 57.7 Å². The second-order valence-corrected chi connectivity index (χ2v) is 11.7. The lowest BCUT2D eigenvalue weighted by molar-refractivity contribution is -0.147. The molecule has 1 aliphatic heterocycles. The Morgan fingerprint density at radius 3 is 2.07 bits per heavy atom. The van der Waals surface area contributed by atoms with Crippen LogP contribution in [-0.2, 0) is 25.5 Å². The average Bonchev–Trinajstić information content (AvgIpc) is 3.81. The van der Waals surface area contributed by atoms with Crippen molar-refractivity contribution in [3.05, 3.63) is 95.3 Å². The first kappa shape index (κ1) is 32.0. The topological polar surface area (TPSA) is 120 Å². The van der Waals surface area contributed by atoms with Crippen molar-refractivity contribution in [3.63, 3.8) is 0 Å². The number of hydrogen-bond donors (Lipinski definition) is 4. The lowest BCUT2D eigenvalue weighted by Gasteiger charge is -2.31. The summed E-state index contributed by atoms with van der Waals surface area (Å²) in [6.07, 6.45) is 4.67. The molecular weight excluding hydrogens is 544 g/mol. The lowest BCUT2D eigenvalue weighted by atomic mass is 9.89. The minimum Gasteiger partial charge on any atom is -0.462 e. The number of aliphatic hydroxyl groups excluding tert-OH is 1. The molecule has 4 N–H and O–H groups in total. The zero-order valence-electron chi connectivity index (χ0n) is 25.5. The number of hydrogen-bond acceptors (Lipinski definition) is 7. The number of amides is 2. The fourth-order valence-corrected chi connectivity index (χ4v) is 5.06. The third-order valence-corrected chi connectivity index (χ3v) is 7.67. The fourth-order valence-electron chi connectivity index (χ4n) is 5.06. The molecule has 2 amide bonds. The summed E-state index contributed by atoms with van der Waals surface area (Å²) < 4.78 is 5.33. The van der Waals surface area contributed by atoms with Crippen LogP contribution in [0.5, 0.6) is 0 Å². The van der Waals surface area contributed by atoms with E-state index in [0.29, 0.717) is 30.2 Å². The average molecular weight is 589 g/mol. The van der Waals surface area contributed by atoms with Crippen molar-refractivity contribution >= 4 is 17.8 Å². The second kappa shape index (κ2) is 15.0. The van der Waals surface area contributed by atoms with E-state index in [2.05, 4.69) is 16.0 Å². The SMILES string of the molecule is CC(C)OC(=O)CN1C=C(C(=O)NC(C)c2ccccc2)C(C)C(C(=O)N[C@@H](Cc2ccccc2)[C@H](O)CNC2CC2)=C1. The highest BCUT2D eigenvalue weighted by atomic mass is 16.5. The first-order valence-corrected chi connectivity index (χ1v) is 15.1. The summed E-state index contributed by atoms with van der Waals surface area (Å²) in [6, 6.07) is 18.9. The summed E-state index contributed by atoms with van der Waals surface area (Å²) >= 11 is 0. The van der Waals surface area contributed by atoms with Gasteiger partial charge in [-0.3, -0.25) is 14.4 Å². The number of carbonyl (C=O) groups excluding carboxylic acids is 3. The van der Waals surface area contributed by atoms with E-state index in [4.69, 9.17) is 4.74 Å². The second-order valence-electron chi connectivity index (χ2n) is 11.7. The van der Waals surface area contributed by atoms with Gasteiger partial charge < -0.3 is 30.7 Å². The molecule has 2 aliphatic rings. The van der Waals surface area contributed by atoms with Crippen LogP contribution in [0, 0.1) is 5.92 Å². The molecule has 43 heavy (non-hydrogen) atoms. The van der Waals surface area contributed by atoms with Gasteiger partial charge in [0.15, 0.2) is 0 Å². The van der Waals surface area contributed by atoms with E-state index in [1.54, 1.807) is 33.2 Å². The molecule has 0 saturated heterocycles. The summed E-state index contributed by atoms with van der Waals surface area (Å²) in [7, 11) is 0. The van der Waals surface area contributed by atoms with E-state index >= 15 is 0 Å². The molecule has 0 spiro atoms. The number of rotatable bonds is 14. The first-order valence-electron chi connectivity index (χ1n) is 15.1. The van der Waals surface area contributed by atoms with E-state index < -0.39 is 29.9 Å². The third-order valence-electron chi connectivity index (χ3n) is 7.67. The van der Waals surface area contributed by atoms with Gasteiger partial charge in [-0.2, -0.15) is 0 Å². The van der Waals surface area contributed by atoms with Crippen molar-refractivity contribution in [1.29, 1.82) is 0 Å². The highest BCUT2D eigenvalue weighted by Crippen LogP contribution is 2.28. The third kappa shape index (κ3) is 9.53. The van der Waals surface area contributed by atoms with Crippen LogP contribution in [0.25, 0.3) is 0 Å². The van der Waals surface area contributed by atoms with Gasteiger partial charge in [0.2, 0.25) is 11.8 Å². The smallest absolute Gasteiger partial charge is 0.326 e. The molecule has 1 aliphatic carbocycles. The Kier molecular flexibility index (Phi) is 11.1. The highest BCUT2D eigenvalue weighted by Gasteiger charge is 2.33. The van der Waals surface area contributed by atoms with E-state index in [1.165, 1.54) is 4.90 Å². The molecule has 9 nitrogen and oxygen atoms in total. The molecule has 2 aromatic rings. The van der Waals surface area contributed by atoms with Gasteiger partial charge in [-0.1, -0.05) is 67.6 Å². The Morgan fingerprint density at radius 2 is 1.49 bits per heavy atom. The van der Waals surface area contributed by atoms with Gasteiger partial charge in [-0.15, -0.1) is 0 Å². The summed E-state index contributed by atoms with van der Waals surface area (Å²) in [6.45, 7) is 7.42. The maximum absolute atomic E-state index is 13.9. The highest BCUT2D eigenvalue weighted by molar-refractivity contribution is 6.01. The molecule has 4 rings (SSSR count). The van der Waals surface area contributed by atoms with Gasteiger partial charge >= 0.3 is 5.97 Å². The largest absolute Gasteiger partial charge is 0.462 e. The molecule has 1 heterocycles. The lowest BCUT2D eigenvalue weighted by Crippen LogP contribution is -2.50. The Bertz CT molecular complexity index is 1310. The standard InChI is InChI=1S/C34H44N4O5/c1-22(2)43-32(40)21-38-19-28(33(41)36-24(4)26-13-9-6-10-14-26)23(3)29(20-38)34(42)37-30(17-25-11-7-5-8-12-25)31(39)18-35-27-15-16-27/h5-14,19-20,22-24,27,30-31,35,39H,15-18,21H2,1-4H3,(H,36,41)(H,37,42)/t23?,24?,30-,31+/m0/s1. The van der Waals surface area contributed by atoms with Crippen LogP contribution >= 0.6 is 0 Å². The molecule has 4 atom stereocenters. The Labute approximate surface area is 254 Å². The van der Waals surface area contributed by atoms with Crippen molar-refractivity contribution in [1.82, 2.24) is 20.9 Å². The van der Waals surface area contributed by atoms with E-state index in [9.17, 15) is 19.5 Å². The summed E-state index contributed by atoms with van der Waals surface area (Å²) in [5.41, 5.74) is 2.60. The predicted molar refractivity (Wildman–Crippen MR) is 165 cm³/mol. The van der Waals surface area contributed by atoms with Crippen LogP contribution in [0.15, 0.2) is 84.2 Å². The molecule has 0 aromatic heterocycles. The Hall–Kier alpha value is -3.95. The van der Waals surface area contributed by atoms with Crippen LogP contribution in [0.4, 0.5) is 0 Å². The maximum Gasteiger partial charge on any atom is 0.326 e. The monoisotopic (exact) mass is 588 g/mol. The molecule has 9 heteroatoms. The van der Waals surface area contributed by atoms with Gasteiger partial charge in [0.05, 0.1) is 24.3 Å². The molecule has 230 valence electrons. The van der Waals surface area contributed by atoms with Gasteiger partial charge in [-0.25, -0.2) is 0 Å². The summed E-state index contributed by atoms with van der Waals surface area (Å²) in [5.74, 6) is -1.79. The zero-order chi connectivity index (χ0) is 30.9. The molecule has 0 radical (unpaired) electrons. The van der Waals surface area contributed by atoms with Gasteiger partial charge in [0.25, 0.3) is 0 Å². The molecule has 1 saturated carbocycles. The van der Waals surface area contributed by atoms with Gasteiger partial charge in [0, 0.05) is 42.1 Å². The van der Waals surface area contributed by atoms with Crippen molar-refractivity contribution in [2.45, 2.75) is 77.3 Å². The molecule has 2 aromatic carbocycles. The molecule has 0 bridgehead atoms. The van der Waals surface area contributed by atoms with Crippen LogP contribution in [-0.4, -0.2) is 65.2 Å². The number of esters is 1. The Balaban J connectivity index is 1.55. The zero-order valence-corrected chi connectivity index (χ0v) is 25.5. The number of ether oxygens (including phenoxy) is 1. The summed E-state index contributed by atoms with van der Waals surface area (Å²) in [5, 5.41) is 20.5. The number of benzene rings is 2. The normalized spacial score (nSPS) is 18.7. The number of nitrogens with zero attached hydrogens (tertiary/aromatic N) is 1. The minimum atomic E-state index is -0.827. The van der Waals surface area contributed by atoms with Crippen LogP contribution < -0.4 is 16.0 Å². The van der Waals surface area contributed by atoms with Crippen molar-refractivity contribution in [3.8, 4) is 0 Å². The summed E-state index contributed by atoms with van der Waals surface area (Å²) in [4.78, 5) is 41.5. The fraction of sp³-hybridized carbons (Fsp3) is 0.441. The van der Waals surface area contributed by atoms with E-state index in [1.807, 2.05) is 67.6 Å². The van der Waals surface area contributed by atoms with Crippen LogP contribution in [0.2, 0.25) is 0 Å². The van der Waals surface area contributed by atoms with Crippen molar-refractivity contribution in [2.24, 2.45) is 5.92 Å². The van der Waals surface area contributed by atoms with Crippen molar-refractivity contribution in [2.75, 3.05) is 13.1 Å². The maximum atomic E-state index is 13.9. The van der Waals surface area contributed by atoms with E-state index in [0.717, 1.165) is 24.0 Å². The number of aliphatic hydroxyl groups is 1. The predicted octanol–water partition coefficient (Wildman–Crippen LogP) is 3.38. The Morgan fingerprint density at radius 1 is 0.907 bits per heavy atom. The van der Waals surface area contributed by atoms with E-state index in [-0.39, 0.29) is 24.6 Å². The first-order chi connectivity index (χ1) is 20.6. The number of carbonyl (C=O) groups is 3. The molecular formula is C34H44N4O5. The molecule has 1 fully saturated rings. The van der Waals surface area contributed by atoms with Crippen molar-refractivity contribution < 1.29 is 24.2 Å². The van der Waals surface area contributed by atoms with Gasteiger partial charge in [-0.05, 0) is 51.2 Å². The van der Waals surface area contributed by atoms with Gasteiger partial charge in [0.1, 0.15) is 6.54 Å². The number of nitrogens with one attached hydrogen (secondary N) is 3.